The van der Waals surface area contributed by atoms with Crippen LogP contribution < -0.4 is 10.5 Å². The lowest BCUT2D eigenvalue weighted by molar-refractivity contribution is 0.134. The van der Waals surface area contributed by atoms with Crippen LogP contribution in [0.15, 0.2) is 17.0 Å². The predicted octanol–water partition coefficient (Wildman–Crippen LogP) is 1.16. The minimum atomic E-state index is -3.75. The highest BCUT2D eigenvalue weighted by molar-refractivity contribution is 7.89. The molecule has 4 N–H and O–H groups in total. The van der Waals surface area contributed by atoms with Gasteiger partial charge in [0.1, 0.15) is 5.82 Å². The summed E-state index contributed by atoms with van der Waals surface area (Å²) >= 11 is 0. The molecule has 2 unspecified atom stereocenters. The van der Waals surface area contributed by atoms with Crippen LogP contribution in [0.3, 0.4) is 0 Å². The first kappa shape index (κ1) is 15.2. The van der Waals surface area contributed by atoms with Gasteiger partial charge in [0.05, 0.1) is 16.7 Å². The first-order valence-electron chi connectivity index (χ1n) is 6.54. The lowest BCUT2D eigenvalue weighted by Crippen LogP contribution is -2.32. The first-order chi connectivity index (χ1) is 9.31. The van der Waals surface area contributed by atoms with E-state index in [0.29, 0.717) is 12.0 Å². The van der Waals surface area contributed by atoms with Gasteiger partial charge in [-0.15, -0.1) is 0 Å². The summed E-state index contributed by atoms with van der Waals surface area (Å²) in [4.78, 5) is -0.0242. The second-order valence-corrected chi connectivity index (χ2v) is 6.98. The van der Waals surface area contributed by atoms with E-state index in [2.05, 4.69) is 4.72 Å². The Hall–Kier alpha value is -1.18. The van der Waals surface area contributed by atoms with E-state index in [1.165, 1.54) is 6.92 Å². The molecule has 1 aliphatic carbocycles. The highest BCUT2D eigenvalue weighted by Gasteiger charge is 2.27. The molecule has 0 spiro atoms. The topological polar surface area (TPSA) is 92.4 Å². The molecule has 0 aliphatic heterocycles. The van der Waals surface area contributed by atoms with Gasteiger partial charge in [0.15, 0.2) is 0 Å². The standard InChI is InChI=1S/C13H19FN2O3S/c1-8-5-10(14)11(15)6-13(8)20(18,19)16-7-9-3-2-4-12(9)17/h5-6,9,12,16-17H,2-4,7,15H2,1H3. The van der Waals surface area contributed by atoms with Crippen molar-refractivity contribution in [1.29, 1.82) is 0 Å². The molecule has 1 aromatic rings. The Morgan fingerprint density at radius 3 is 2.75 bits per heavy atom. The van der Waals surface area contributed by atoms with Crippen LogP contribution >= 0.6 is 0 Å². The van der Waals surface area contributed by atoms with Gasteiger partial charge in [-0.1, -0.05) is 6.42 Å². The number of aliphatic hydroxyl groups is 1. The molecular formula is C13H19FN2O3S. The van der Waals surface area contributed by atoms with Crippen molar-refractivity contribution in [3.63, 3.8) is 0 Å². The van der Waals surface area contributed by atoms with E-state index in [1.54, 1.807) is 0 Å². The number of anilines is 1. The highest BCUT2D eigenvalue weighted by atomic mass is 32.2. The number of nitrogens with two attached hydrogens (primary N) is 1. The Balaban J connectivity index is 2.16. The summed E-state index contributed by atoms with van der Waals surface area (Å²) in [5.41, 5.74) is 5.52. The van der Waals surface area contributed by atoms with Gasteiger partial charge >= 0.3 is 0 Å². The van der Waals surface area contributed by atoms with E-state index in [4.69, 9.17) is 5.73 Å². The summed E-state index contributed by atoms with van der Waals surface area (Å²) in [6.45, 7) is 1.70. The van der Waals surface area contributed by atoms with Gasteiger partial charge in [0, 0.05) is 6.54 Å². The summed E-state index contributed by atoms with van der Waals surface area (Å²) < 4.78 is 40.1. The fourth-order valence-electron chi connectivity index (χ4n) is 2.51. The van der Waals surface area contributed by atoms with Gasteiger partial charge in [0.2, 0.25) is 10.0 Å². The molecule has 0 saturated heterocycles. The van der Waals surface area contributed by atoms with E-state index < -0.39 is 21.9 Å². The van der Waals surface area contributed by atoms with Gasteiger partial charge in [-0.3, -0.25) is 0 Å². The number of aliphatic hydroxyl groups excluding tert-OH is 1. The molecular weight excluding hydrogens is 283 g/mol. The molecule has 1 aromatic carbocycles. The number of aryl methyl sites for hydroxylation is 1. The minimum Gasteiger partial charge on any atom is -0.396 e. The summed E-state index contributed by atoms with van der Waals surface area (Å²) in [6.07, 6.45) is 1.94. The lowest BCUT2D eigenvalue weighted by Gasteiger charge is -2.16. The molecule has 1 fully saturated rings. The van der Waals surface area contributed by atoms with E-state index in [1.807, 2.05) is 0 Å². The molecule has 2 atom stereocenters. The first-order valence-corrected chi connectivity index (χ1v) is 8.03. The van der Waals surface area contributed by atoms with Crippen molar-refractivity contribution >= 4 is 15.7 Å². The minimum absolute atomic E-state index is 0.0242. The Morgan fingerprint density at radius 1 is 1.45 bits per heavy atom. The molecule has 0 heterocycles. The average molecular weight is 302 g/mol. The van der Waals surface area contributed by atoms with Crippen molar-refractivity contribution < 1.29 is 17.9 Å². The van der Waals surface area contributed by atoms with Crippen molar-refractivity contribution in [1.82, 2.24) is 4.72 Å². The molecule has 0 bridgehead atoms. The van der Waals surface area contributed by atoms with E-state index >= 15 is 0 Å². The van der Waals surface area contributed by atoms with E-state index in [9.17, 15) is 17.9 Å². The third kappa shape index (κ3) is 3.11. The summed E-state index contributed by atoms with van der Waals surface area (Å²) in [6, 6.07) is 2.23. The van der Waals surface area contributed by atoms with E-state index in [-0.39, 0.29) is 23.0 Å². The highest BCUT2D eigenvalue weighted by Crippen LogP contribution is 2.26. The van der Waals surface area contributed by atoms with Crippen LogP contribution in [0.1, 0.15) is 24.8 Å². The van der Waals surface area contributed by atoms with Gasteiger partial charge in [-0.05, 0) is 43.4 Å². The normalized spacial score (nSPS) is 23.1. The monoisotopic (exact) mass is 302 g/mol. The van der Waals surface area contributed by atoms with Crippen LogP contribution in [0.2, 0.25) is 0 Å². The molecule has 112 valence electrons. The maximum absolute atomic E-state index is 13.3. The van der Waals surface area contributed by atoms with Gasteiger partial charge in [0.25, 0.3) is 0 Å². The zero-order chi connectivity index (χ0) is 14.9. The Labute approximate surface area is 118 Å². The molecule has 7 heteroatoms. The molecule has 2 rings (SSSR count). The number of rotatable bonds is 4. The van der Waals surface area contributed by atoms with Crippen molar-refractivity contribution in [3.05, 3.63) is 23.5 Å². The van der Waals surface area contributed by atoms with Crippen LogP contribution in [0, 0.1) is 18.7 Å². The fraction of sp³-hybridized carbons (Fsp3) is 0.538. The van der Waals surface area contributed by atoms with Crippen molar-refractivity contribution in [2.45, 2.75) is 37.2 Å². The average Bonchev–Trinajstić information content (AvgIpc) is 2.77. The Bertz CT molecular complexity index is 604. The largest absolute Gasteiger partial charge is 0.396 e. The maximum atomic E-state index is 13.3. The van der Waals surface area contributed by atoms with Crippen LogP contribution in [-0.2, 0) is 10.0 Å². The van der Waals surface area contributed by atoms with Crippen molar-refractivity contribution in [2.75, 3.05) is 12.3 Å². The Kier molecular flexibility index (Phi) is 4.31. The Morgan fingerprint density at radius 2 is 2.15 bits per heavy atom. The summed E-state index contributed by atoms with van der Waals surface area (Å²) in [5, 5.41) is 9.69. The summed E-state index contributed by atoms with van der Waals surface area (Å²) in [7, 11) is -3.75. The van der Waals surface area contributed by atoms with Gasteiger partial charge in [-0.2, -0.15) is 0 Å². The second kappa shape index (κ2) is 5.67. The smallest absolute Gasteiger partial charge is 0.240 e. The molecule has 0 radical (unpaired) electrons. The number of nitrogens with one attached hydrogen (secondary N) is 1. The number of halogens is 1. The molecule has 1 saturated carbocycles. The van der Waals surface area contributed by atoms with Gasteiger partial charge in [-0.25, -0.2) is 17.5 Å². The van der Waals surface area contributed by atoms with Crippen LogP contribution in [0.25, 0.3) is 0 Å². The number of sulfonamides is 1. The molecule has 20 heavy (non-hydrogen) atoms. The SMILES string of the molecule is Cc1cc(F)c(N)cc1S(=O)(=O)NCC1CCCC1O. The van der Waals surface area contributed by atoms with Crippen molar-refractivity contribution in [2.24, 2.45) is 5.92 Å². The van der Waals surface area contributed by atoms with Crippen LogP contribution in [0.4, 0.5) is 10.1 Å². The van der Waals surface area contributed by atoms with Crippen LogP contribution in [0.5, 0.6) is 0 Å². The quantitative estimate of drug-likeness (QED) is 0.728. The molecule has 0 amide bonds. The zero-order valence-electron chi connectivity index (χ0n) is 11.3. The lowest BCUT2D eigenvalue weighted by atomic mass is 10.1. The van der Waals surface area contributed by atoms with Crippen molar-refractivity contribution in [3.8, 4) is 0 Å². The van der Waals surface area contributed by atoms with E-state index in [0.717, 1.165) is 25.0 Å². The predicted molar refractivity (Wildman–Crippen MR) is 74.1 cm³/mol. The molecule has 1 aliphatic rings. The second-order valence-electron chi connectivity index (χ2n) is 5.25. The number of hydrogen-bond donors (Lipinski definition) is 3. The van der Waals surface area contributed by atoms with Gasteiger partial charge < -0.3 is 10.8 Å². The maximum Gasteiger partial charge on any atom is 0.240 e. The number of hydrogen-bond acceptors (Lipinski definition) is 4. The summed E-state index contributed by atoms with van der Waals surface area (Å²) in [5.74, 6) is -0.699. The van der Waals surface area contributed by atoms with Crippen LogP contribution in [-0.4, -0.2) is 26.2 Å². The zero-order valence-corrected chi connectivity index (χ0v) is 12.1. The number of nitrogen functional groups attached to an aromatic ring is 1. The number of benzene rings is 1. The third-order valence-electron chi connectivity index (χ3n) is 3.74. The molecule has 5 nitrogen and oxygen atoms in total. The third-order valence-corrected chi connectivity index (χ3v) is 5.30. The fourth-order valence-corrected chi connectivity index (χ4v) is 3.86. The molecule has 0 aromatic heterocycles.